The molecule has 1 spiro atoms. The summed E-state index contributed by atoms with van der Waals surface area (Å²) in [5, 5.41) is 0. The molecular weight excluding hydrogens is 228 g/mol. The van der Waals surface area contributed by atoms with Crippen LogP contribution >= 0.6 is 0 Å². The first-order valence-corrected chi connectivity index (χ1v) is 7.47. The molecule has 2 aliphatic rings. The van der Waals surface area contributed by atoms with Crippen LogP contribution in [0.25, 0.3) is 0 Å². The Hall–Kier alpha value is -0.410. The summed E-state index contributed by atoms with van der Waals surface area (Å²) in [5.74, 6) is 0.316. The second-order valence-corrected chi connectivity index (χ2v) is 5.76. The van der Waals surface area contributed by atoms with Crippen LogP contribution in [0.3, 0.4) is 0 Å². The summed E-state index contributed by atoms with van der Waals surface area (Å²) in [5.41, 5.74) is 0.422. The highest BCUT2D eigenvalue weighted by Crippen LogP contribution is 2.50. The van der Waals surface area contributed by atoms with Gasteiger partial charge in [0, 0.05) is 19.6 Å². The fourth-order valence-electron chi connectivity index (χ4n) is 3.69. The molecule has 0 bridgehead atoms. The van der Waals surface area contributed by atoms with Crippen molar-refractivity contribution in [2.24, 2.45) is 11.3 Å². The molecule has 0 aromatic carbocycles. The predicted octanol–water partition coefficient (Wildman–Crippen LogP) is 3.32. The molecule has 2 fully saturated rings. The van der Waals surface area contributed by atoms with E-state index >= 15 is 0 Å². The van der Waals surface area contributed by atoms with Gasteiger partial charge >= 0.3 is 0 Å². The van der Waals surface area contributed by atoms with Crippen LogP contribution in [0.1, 0.15) is 58.8 Å². The molecule has 0 amide bonds. The molecule has 2 saturated carbocycles. The van der Waals surface area contributed by atoms with E-state index in [-0.39, 0.29) is 12.2 Å². The number of carbonyl (C=O) groups excluding carboxylic acids is 1. The standard InChI is InChI=1S/C15H26O3/c1-3-17-14(18-4-2)12-11-15(8-5-6-9-15)10-7-13(12)16/h12,14H,3-11H2,1-2H3. The minimum atomic E-state index is -0.315. The number of rotatable bonds is 5. The summed E-state index contributed by atoms with van der Waals surface area (Å²) in [6.45, 7) is 5.15. The maximum absolute atomic E-state index is 12.2. The molecule has 0 N–H and O–H groups in total. The van der Waals surface area contributed by atoms with Crippen LogP contribution in [0.5, 0.6) is 0 Å². The van der Waals surface area contributed by atoms with Crippen molar-refractivity contribution in [3.63, 3.8) is 0 Å². The first kappa shape index (κ1) is 14.0. The third-order valence-electron chi connectivity index (χ3n) is 4.62. The van der Waals surface area contributed by atoms with Crippen LogP contribution in [-0.2, 0) is 14.3 Å². The fraction of sp³-hybridized carbons (Fsp3) is 0.933. The van der Waals surface area contributed by atoms with Crippen molar-refractivity contribution in [2.75, 3.05) is 13.2 Å². The van der Waals surface area contributed by atoms with Gasteiger partial charge in [-0.1, -0.05) is 12.8 Å². The quantitative estimate of drug-likeness (QED) is 0.706. The van der Waals surface area contributed by atoms with Crippen molar-refractivity contribution in [2.45, 2.75) is 65.1 Å². The molecule has 3 nitrogen and oxygen atoms in total. The topological polar surface area (TPSA) is 35.5 Å². The summed E-state index contributed by atoms with van der Waals surface area (Å²) in [6.07, 6.45) is 7.73. The predicted molar refractivity (Wildman–Crippen MR) is 70.3 cm³/mol. The van der Waals surface area contributed by atoms with Crippen molar-refractivity contribution < 1.29 is 14.3 Å². The molecule has 2 rings (SSSR count). The molecule has 0 saturated heterocycles. The summed E-state index contributed by atoms with van der Waals surface area (Å²) >= 11 is 0. The SMILES string of the molecule is CCOC(OCC)C1CC2(CCCC2)CCC1=O. The van der Waals surface area contributed by atoms with E-state index in [9.17, 15) is 4.79 Å². The Morgan fingerprint density at radius 1 is 1.17 bits per heavy atom. The molecular formula is C15H26O3. The molecule has 18 heavy (non-hydrogen) atoms. The Labute approximate surface area is 110 Å². The molecule has 3 heteroatoms. The van der Waals surface area contributed by atoms with E-state index < -0.39 is 0 Å². The largest absolute Gasteiger partial charge is 0.352 e. The van der Waals surface area contributed by atoms with E-state index in [1.165, 1.54) is 25.7 Å². The van der Waals surface area contributed by atoms with Crippen LogP contribution in [0, 0.1) is 11.3 Å². The molecule has 0 radical (unpaired) electrons. The molecule has 0 heterocycles. The van der Waals surface area contributed by atoms with Crippen LogP contribution in [0.15, 0.2) is 0 Å². The zero-order chi connectivity index (χ0) is 13.0. The lowest BCUT2D eigenvalue weighted by Crippen LogP contribution is -2.41. The van der Waals surface area contributed by atoms with E-state index in [0.717, 1.165) is 19.3 Å². The van der Waals surface area contributed by atoms with Gasteiger partial charge in [-0.15, -0.1) is 0 Å². The van der Waals surface area contributed by atoms with Gasteiger partial charge < -0.3 is 9.47 Å². The van der Waals surface area contributed by atoms with Gasteiger partial charge in [-0.3, -0.25) is 4.79 Å². The van der Waals surface area contributed by atoms with Gasteiger partial charge in [0.25, 0.3) is 0 Å². The highest BCUT2D eigenvalue weighted by molar-refractivity contribution is 5.82. The minimum Gasteiger partial charge on any atom is -0.352 e. The molecule has 2 aliphatic carbocycles. The lowest BCUT2D eigenvalue weighted by atomic mass is 9.68. The number of Topliss-reactive ketones (excluding diaryl/α,β-unsaturated/α-hetero) is 1. The summed E-state index contributed by atoms with van der Waals surface area (Å²) in [6, 6.07) is 0. The highest BCUT2D eigenvalue weighted by atomic mass is 16.7. The van der Waals surface area contributed by atoms with Gasteiger partial charge in [0.2, 0.25) is 0 Å². The van der Waals surface area contributed by atoms with Crippen molar-refractivity contribution >= 4 is 5.78 Å². The smallest absolute Gasteiger partial charge is 0.167 e. The molecule has 104 valence electrons. The molecule has 1 atom stereocenters. The Kier molecular flexibility index (Phi) is 4.79. The van der Waals surface area contributed by atoms with Crippen molar-refractivity contribution in [1.29, 1.82) is 0 Å². The molecule has 1 unspecified atom stereocenters. The second-order valence-electron chi connectivity index (χ2n) is 5.76. The first-order chi connectivity index (χ1) is 8.71. The average molecular weight is 254 g/mol. The van der Waals surface area contributed by atoms with Gasteiger partial charge in [-0.2, -0.15) is 0 Å². The maximum Gasteiger partial charge on any atom is 0.167 e. The van der Waals surface area contributed by atoms with Gasteiger partial charge in [-0.25, -0.2) is 0 Å². The van der Waals surface area contributed by atoms with E-state index in [2.05, 4.69) is 0 Å². The van der Waals surface area contributed by atoms with Gasteiger partial charge in [0.05, 0.1) is 5.92 Å². The number of ether oxygens (including phenoxy) is 2. The van der Waals surface area contributed by atoms with Crippen LogP contribution in [0.2, 0.25) is 0 Å². The van der Waals surface area contributed by atoms with Crippen molar-refractivity contribution in [1.82, 2.24) is 0 Å². The summed E-state index contributed by atoms with van der Waals surface area (Å²) in [4.78, 5) is 12.2. The zero-order valence-electron chi connectivity index (χ0n) is 11.7. The van der Waals surface area contributed by atoms with Gasteiger partial charge in [0.15, 0.2) is 6.29 Å². The Balaban J connectivity index is 2.05. The lowest BCUT2D eigenvalue weighted by Gasteiger charge is -2.39. The van der Waals surface area contributed by atoms with Crippen LogP contribution < -0.4 is 0 Å². The van der Waals surface area contributed by atoms with Crippen molar-refractivity contribution in [3.8, 4) is 0 Å². The zero-order valence-corrected chi connectivity index (χ0v) is 11.7. The highest BCUT2D eigenvalue weighted by Gasteiger charge is 2.45. The van der Waals surface area contributed by atoms with E-state index in [1.807, 2.05) is 13.8 Å². The first-order valence-electron chi connectivity index (χ1n) is 7.47. The number of hydrogen-bond donors (Lipinski definition) is 0. The van der Waals surface area contributed by atoms with E-state index in [1.54, 1.807) is 0 Å². The third-order valence-corrected chi connectivity index (χ3v) is 4.62. The summed E-state index contributed by atoms with van der Waals surface area (Å²) in [7, 11) is 0. The van der Waals surface area contributed by atoms with Crippen molar-refractivity contribution in [3.05, 3.63) is 0 Å². The van der Waals surface area contributed by atoms with Crippen LogP contribution in [-0.4, -0.2) is 25.3 Å². The number of carbonyl (C=O) groups is 1. The normalized spacial score (nSPS) is 27.3. The monoisotopic (exact) mass is 254 g/mol. The van der Waals surface area contributed by atoms with E-state index in [4.69, 9.17) is 9.47 Å². The molecule has 0 aliphatic heterocycles. The number of ketones is 1. The van der Waals surface area contributed by atoms with E-state index in [0.29, 0.717) is 24.4 Å². The average Bonchev–Trinajstić information content (AvgIpc) is 2.81. The fourth-order valence-corrected chi connectivity index (χ4v) is 3.69. The minimum absolute atomic E-state index is 0.0308. The summed E-state index contributed by atoms with van der Waals surface area (Å²) < 4.78 is 11.3. The lowest BCUT2D eigenvalue weighted by molar-refractivity contribution is -0.184. The second kappa shape index (κ2) is 6.16. The molecule has 0 aromatic rings. The van der Waals surface area contributed by atoms with Gasteiger partial charge in [-0.05, 0) is 44.9 Å². The third kappa shape index (κ3) is 2.94. The number of hydrogen-bond acceptors (Lipinski definition) is 3. The molecule has 0 aromatic heterocycles. The Bertz CT molecular complexity index is 275. The van der Waals surface area contributed by atoms with Crippen LogP contribution in [0.4, 0.5) is 0 Å². The Morgan fingerprint density at radius 2 is 1.78 bits per heavy atom. The Morgan fingerprint density at radius 3 is 2.33 bits per heavy atom. The maximum atomic E-state index is 12.2. The van der Waals surface area contributed by atoms with Gasteiger partial charge in [0.1, 0.15) is 5.78 Å².